The van der Waals surface area contributed by atoms with Gasteiger partial charge in [-0.15, -0.1) is 0 Å². The second-order valence-electron chi connectivity index (χ2n) is 7.55. The molecule has 1 aliphatic carbocycles. The van der Waals surface area contributed by atoms with E-state index in [9.17, 15) is 4.79 Å². The number of nitrogens with zero attached hydrogens (tertiary/aromatic N) is 2. The van der Waals surface area contributed by atoms with Crippen LogP contribution in [-0.2, 0) is 16.8 Å². The van der Waals surface area contributed by atoms with Gasteiger partial charge in [0.25, 0.3) is 0 Å². The van der Waals surface area contributed by atoms with Crippen molar-refractivity contribution in [3.63, 3.8) is 0 Å². The molecule has 1 aromatic heterocycles. The van der Waals surface area contributed by atoms with Gasteiger partial charge >= 0.3 is 0 Å². The topological polar surface area (TPSA) is 36.7 Å². The van der Waals surface area contributed by atoms with E-state index in [1.165, 1.54) is 24.0 Å². The smallest absolute Gasteiger partial charge is 0.239 e. The highest BCUT2D eigenvalue weighted by molar-refractivity contribution is 6.08. The number of carbonyl (C=O) groups is 1. The summed E-state index contributed by atoms with van der Waals surface area (Å²) in [5.74, 6) is 1.03. The van der Waals surface area contributed by atoms with Gasteiger partial charge in [-0.2, -0.15) is 0 Å². The van der Waals surface area contributed by atoms with Crippen LogP contribution >= 0.6 is 0 Å². The van der Waals surface area contributed by atoms with E-state index in [1.807, 2.05) is 6.07 Å². The first kappa shape index (κ1) is 14.3. The molecule has 124 valence electrons. The molecule has 1 saturated heterocycles. The minimum atomic E-state index is -0.338. The maximum Gasteiger partial charge on any atom is 0.239 e. The van der Waals surface area contributed by atoms with Crippen molar-refractivity contribution in [1.29, 1.82) is 0 Å². The number of para-hydroxylation sites is 1. The zero-order valence-electron chi connectivity index (χ0n) is 13.8. The number of anilines is 1. The minimum absolute atomic E-state index is 0.324. The highest BCUT2D eigenvalue weighted by Crippen LogP contribution is 2.48. The molecule has 3 heterocycles. The van der Waals surface area contributed by atoms with Crippen LogP contribution in [0.4, 0.5) is 5.69 Å². The molecule has 1 amide bonds. The second kappa shape index (κ2) is 5.21. The Bertz CT molecular complexity index is 766. The summed E-state index contributed by atoms with van der Waals surface area (Å²) in [7, 11) is 0. The van der Waals surface area contributed by atoms with Gasteiger partial charge in [-0.25, -0.2) is 0 Å². The largest absolute Gasteiger partial charge is 0.472 e. The average Bonchev–Trinajstić information content (AvgIpc) is 3.03. The standard InChI is InChI=1S/C20H22N2O2/c23-19-20(8-9-21(14-20)11-16-7-10-24-13-16)17-3-1-2-4-18(17)22(19)12-15-5-6-15/h1-4,7,10,13,15H,5-6,8-9,11-12,14H2. The predicted octanol–water partition coefficient (Wildman–Crippen LogP) is 3.18. The first-order chi connectivity index (χ1) is 11.8. The third-order valence-electron chi connectivity index (χ3n) is 5.84. The van der Waals surface area contributed by atoms with E-state index in [2.05, 4.69) is 34.1 Å². The zero-order valence-corrected chi connectivity index (χ0v) is 13.8. The zero-order chi connectivity index (χ0) is 16.1. The SMILES string of the molecule is O=C1N(CC2CC2)c2ccccc2C12CCN(Cc1ccoc1)C2. The van der Waals surface area contributed by atoms with Gasteiger partial charge < -0.3 is 9.32 Å². The number of likely N-dealkylation sites (tertiary alicyclic amines) is 1. The number of hydrogen-bond donors (Lipinski definition) is 0. The molecular formula is C20H22N2O2. The van der Waals surface area contributed by atoms with Gasteiger partial charge in [-0.1, -0.05) is 18.2 Å². The Morgan fingerprint density at radius 1 is 1.21 bits per heavy atom. The molecule has 1 aromatic carbocycles. The van der Waals surface area contributed by atoms with Crippen LogP contribution in [0.2, 0.25) is 0 Å². The number of rotatable bonds is 4. The van der Waals surface area contributed by atoms with Gasteiger partial charge in [-0.3, -0.25) is 9.69 Å². The minimum Gasteiger partial charge on any atom is -0.472 e. The summed E-state index contributed by atoms with van der Waals surface area (Å²) in [6, 6.07) is 10.4. The monoisotopic (exact) mass is 322 g/mol. The Kier molecular flexibility index (Phi) is 3.10. The molecule has 2 fully saturated rings. The van der Waals surface area contributed by atoms with Crippen molar-refractivity contribution in [1.82, 2.24) is 4.90 Å². The van der Waals surface area contributed by atoms with E-state index >= 15 is 0 Å². The quantitative estimate of drug-likeness (QED) is 0.867. The van der Waals surface area contributed by atoms with E-state index in [-0.39, 0.29) is 5.41 Å². The molecule has 0 bridgehead atoms. The van der Waals surface area contributed by atoms with E-state index in [0.717, 1.165) is 38.3 Å². The fourth-order valence-electron chi connectivity index (χ4n) is 4.40. The van der Waals surface area contributed by atoms with Gasteiger partial charge in [-0.05, 0) is 49.4 Å². The molecule has 0 radical (unpaired) electrons. The van der Waals surface area contributed by atoms with E-state index in [1.54, 1.807) is 12.5 Å². The second-order valence-corrected chi connectivity index (χ2v) is 7.55. The van der Waals surface area contributed by atoms with Gasteiger partial charge in [0.2, 0.25) is 5.91 Å². The van der Waals surface area contributed by atoms with Crippen LogP contribution in [0.1, 0.15) is 30.4 Å². The summed E-state index contributed by atoms with van der Waals surface area (Å²) in [6.45, 7) is 3.54. The van der Waals surface area contributed by atoms with Crippen LogP contribution in [-0.4, -0.2) is 30.4 Å². The number of benzene rings is 1. The highest BCUT2D eigenvalue weighted by Gasteiger charge is 2.54. The van der Waals surface area contributed by atoms with Crippen molar-refractivity contribution in [2.75, 3.05) is 24.5 Å². The lowest BCUT2D eigenvalue weighted by Crippen LogP contribution is -2.43. The molecule has 1 saturated carbocycles. The fourth-order valence-corrected chi connectivity index (χ4v) is 4.40. The Morgan fingerprint density at radius 3 is 2.88 bits per heavy atom. The molecule has 4 heteroatoms. The van der Waals surface area contributed by atoms with Crippen LogP contribution < -0.4 is 4.90 Å². The molecule has 2 aliphatic heterocycles. The van der Waals surface area contributed by atoms with Crippen molar-refractivity contribution in [2.24, 2.45) is 5.92 Å². The summed E-state index contributed by atoms with van der Waals surface area (Å²) in [6.07, 6.45) is 6.97. The molecule has 5 rings (SSSR count). The Balaban J connectivity index is 1.45. The summed E-state index contributed by atoms with van der Waals surface area (Å²) >= 11 is 0. The van der Waals surface area contributed by atoms with E-state index < -0.39 is 0 Å². The Labute approximate surface area is 142 Å². The van der Waals surface area contributed by atoms with Crippen LogP contribution in [0.25, 0.3) is 0 Å². The average molecular weight is 322 g/mol. The van der Waals surface area contributed by atoms with Gasteiger partial charge in [0.15, 0.2) is 0 Å². The fraction of sp³-hybridized carbons (Fsp3) is 0.450. The maximum absolute atomic E-state index is 13.4. The molecular weight excluding hydrogens is 300 g/mol. The lowest BCUT2D eigenvalue weighted by molar-refractivity contribution is -0.122. The Hall–Kier alpha value is -2.07. The van der Waals surface area contributed by atoms with Crippen molar-refractivity contribution in [3.8, 4) is 0 Å². The summed E-state index contributed by atoms with van der Waals surface area (Å²) in [5, 5.41) is 0. The first-order valence-corrected chi connectivity index (χ1v) is 8.91. The summed E-state index contributed by atoms with van der Waals surface area (Å²) < 4.78 is 5.19. The summed E-state index contributed by atoms with van der Waals surface area (Å²) in [4.78, 5) is 17.8. The van der Waals surface area contributed by atoms with Crippen molar-refractivity contribution < 1.29 is 9.21 Å². The lowest BCUT2D eigenvalue weighted by atomic mass is 9.81. The Morgan fingerprint density at radius 2 is 2.08 bits per heavy atom. The maximum atomic E-state index is 13.4. The van der Waals surface area contributed by atoms with Crippen LogP contribution in [0.3, 0.4) is 0 Å². The molecule has 1 spiro atoms. The van der Waals surface area contributed by atoms with Gasteiger partial charge in [0.1, 0.15) is 0 Å². The van der Waals surface area contributed by atoms with E-state index in [4.69, 9.17) is 4.42 Å². The lowest BCUT2D eigenvalue weighted by Gasteiger charge is -2.24. The van der Waals surface area contributed by atoms with E-state index in [0.29, 0.717) is 11.8 Å². The molecule has 1 unspecified atom stereocenters. The molecule has 24 heavy (non-hydrogen) atoms. The number of hydrogen-bond acceptors (Lipinski definition) is 3. The number of furan rings is 1. The molecule has 1 atom stereocenters. The van der Waals surface area contributed by atoms with Crippen LogP contribution in [0.15, 0.2) is 47.3 Å². The third kappa shape index (κ3) is 2.13. The number of carbonyl (C=O) groups excluding carboxylic acids is 1. The van der Waals surface area contributed by atoms with Crippen LogP contribution in [0.5, 0.6) is 0 Å². The molecule has 0 N–H and O–H groups in total. The van der Waals surface area contributed by atoms with Crippen LogP contribution in [0, 0.1) is 5.92 Å². The molecule has 4 nitrogen and oxygen atoms in total. The highest BCUT2D eigenvalue weighted by atomic mass is 16.3. The van der Waals surface area contributed by atoms with Crippen molar-refractivity contribution >= 4 is 11.6 Å². The van der Waals surface area contributed by atoms with Gasteiger partial charge in [0.05, 0.1) is 17.9 Å². The van der Waals surface area contributed by atoms with Crippen molar-refractivity contribution in [3.05, 3.63) is 54.0 Å². The molecule has 3 aliphatic rings. The number of amides is 1. The number of fused-ring (bicyclic) bond motifs is 2. The van der Waals surface area contributed by atoms with Gasteiger partial charge in [0, 0.05) is 30.9 Å². The van der Waals surface area contributed by atoms with Crippen molar-refractivity contribution in [2.45, 2.75) is 31.2 Å². The first-order valence-electron chi connectivity index (χ1n) is 8.91. The normalized spacial score (nSPS) is 26.5. The summed E-state index contributed by atoms with van der Waals surface area (Å²) in [5.41, 5.74) is 3.24. The third-order valence-corrected chi connectivity index (χ3v) is 5.84. The predicted molar refractivity (Wildman–Crippen MR) is 91.8 cm³/mol. The molecule has 2 aromatic rings.